The largest absolute Gasteiger partial charge is 0.454 e. The summed E-state index contributed by atoms with van der Waals surface area (Å²) in [4.78, 5) is 41.1. The lowest BCUT2D eigenvalue weighted by molar-refractivity contribution is -0.138. The number of fused-ring (bicyclic) bond motifs is 1. The Hall–Kier alpha value is -4.57. The first-order valence-corrected chi connectivity index (χ1v) is 15.1. The van der Waals surface area contributed by atoms with Crippen LogP contribution in [0.2, 0.25) is 0 Å². The summed E-state index contributed by atoms with van der Waals surface area (Å²) in [5.41, 5.74) is 8.66. The van der Waals surface area contributed by atoms with Crippen molar-refractivity contribution in [1.82, 2.24) is 16.0 Å². The van der Waals surface area contributed by atoms with Crippen LogP contribution in [0.1, 0.15) is 54.4 Å². The number of amidine groups is 1. The van der Waals surface area contributed by atoms with Crippen molar-refractivity contribution in [2.24, 2.45) is 17.6 Å². The summed E-state index contributed by atoms with van der Waals surface area (Å²) in [6.45, 7) is 0.703. The van der Waals surface area contributed by atoms with Crippen molar-refractivity contribution in [3.8, 4) is 11.5 Å². The topological polar surface area (TPSA) is 156 Å². The molecule has 3 amide bonds. The molecule has 238 valence electrons. The number of halogens is 1. The lowest BCUT2D eigenvalue weighted by Gasteiger charge is -2.31. The molecule has 0 spiro atoms. The van der Waals surface area contributed by atoms with Gasteiger partial charge in [-0.3, -0.25) is 19.8 Å². The van der Waals surface area contributed by atoms with E-state index in [0.717, 1.165) is 48.8 Å². The molecule has 0 radical (unpaired) electrons. The van der Waals surface area contributed by atoms with Gasteiger partial charge in [-0.15, -0.1) is 12.4 Å². The number of hydrogen-bond donors (Lipinski definition) is 5. The van der Waals surface area contributed by atoms with Gasteiger partial charge in [0.05, 0.1) is 0 Å². The van der Waals surface area contributed by atoms with Crippen molar-refractivity contribution < 1.29 is 23.9 Å². The minimum absolute atomic E-state index is 0. The third kappa shape index (κ3) is 8.98. The first-order chi connectivity index (χ1) is 21.4. The van der Waals surface area contributed by atoms with Crippen LogP contribution >= 0.6 is 12.4 Å². The molecule has 2 aliphatic rings. The number of benzene rings is 3. The number of carbonyl (C=O) groups is 3. The standard InChI is InChI=1S/C34H39N5O5.ClH/c35-31(36)26-14-11-22(12-15-26)17-27(32(40)37-19-23-7-3-1-4-8-23)33(41)39-30(25-9-5-2-6-10-25)34(42)38-20-24-13-16-28-29(18-24)44-21-43-28;/h1,3-4,7-8,11-16,18,25,27,30H,2,5-6,9-10,17,19-21H2,(H3,35,36)(H,37,40)(H,38,42)(H,39,41);1H/t27?,30-;/m0./s1. The molecule has 3 aromatic rings. The van der Waals surface area contributed by atoms with Crippen LogP contribution < -0.4 is 31.2 Å². The summed E-state index contributed by atoms with van der Waals surface area (Å²) in [6, 6.07) is 21.1. The van der Waals surface area contributed by atoms with Gasteiger partial charge in [-0.25, -0.2) is 0 Å². The number of hydrogen-bond acceptors (Lipinski definition) is 6. The second-order valence-corrected chi connectivity index (χ2v) is 11.4. The van der Waals surface area contributed by atoms with E-state index >= 15 is 0 Å². The number of nitrogens with one attached hydrogen (secondary N) is 4. The van der Waals surface area contributed by atoms with Gasteiger partial charge >= 0.3 is 0 Å². The van der Waals surface area contributed by atoms with Crippen LogP contribution in [-0.2, 0) is 33.9 Å². The molecule has 3 aromatic carbocycles. The Morgan fingerprint density at radius 1 is 0.778 bits per heavy atom. The molecule has 1 aliphatic heterocycles. The van der Waals surface area contributed by atoms with Crippen molar-refractivity contribution >= 4 is 36.0 Å². The van der Waals surface area contributed by atoms with Gasteiger partial charge in [-0.05, 0) is 54.0 Å². The van der Waals surface area contributed by atoms with Gasteiger partial charge in [0, 0.05) is 18.7 Å². The maximum atomic E-state index is 13.9. The van der Waals surface area contributed by atoms with Gasteiger partial charge in [0.2, 0.25) is 24.5 Å². The average Bonchev–Trinajstić information content (AvgIpc) is 3.53. The third-order valence-corrected chi connectivity index (χ3v) is 8.25. The minimum atomic E-state index is -1.07. The molecule has 0 aromatic heterocycles. The fourth-order valence-corrected chi connectivity index (χ4v) is 5.74. The smallest absolute Gasteiger partial charge is 0.243 e. The molecule has 0 bridgehead atoms. The summed E-state index contributed by atoms with van der Waals surface area (Å²) >= 11 is 0. The van der Waals surface area contributed by atoms with Crippen molar-refractivity contribution in [2.75, 3.05) is 6.79 Å². The molecular formula is C34H40ClN5O5. The predicted molar refractivity (Wildman–Crippen MR) is 173 cm³/mol. The molecule has 45 heavy (non-hydrogen) atoms. The Labute approximate surface area is 269 Å². The van der Waals surface area contributed by atoms with Gasteiger partial charge in [-0.1, -0.05) is 79.9 Å². The highest BCUT2D eigenvalue weighted by Crippen LogP contribution is 2.32. The van der Waals surface area contributed by atoms with E-state index in [1.165, 1.54) is 0 Å². The quantitative estimate of drug-likeness (QED) is 0.115. The summed E-state index contributed by atoms with van der Waals surface area (Å²) < 4.78 is 10.8. The Morgan fingerprint density at radius 3 is 2.13 bits per heavy atom. The zero-order chi connectivity index (χ0) is 30.9. The lowest BCUT2D eigenvalue weighted by atomic mass is 9.83. The summed E-state index contributed by atoms with van der Waals surface area (Å²) in [5, 5.41) is 16.5. The van der Waals surface area contributed by atoms with Gasteiger partial charge in [0.1, 0.15) is 17.8 Å². The van der Waals surface area contributed by atoms with E-state index in [1.807, 2.05) is 48.5 Å². The van der Waals surface area contributed by atoms with Crippen LogP contribution in [0.5, 0.6) is 11.5 Å². The van der Waals surface area contributed by atoms with Crippen LogP contribution in [0.25, 0.3) is 0 Å². The average molecular weight is 634 g/mol. The van der Waals surface area contributed by atoms with Crippen LogP contribution in [0.3, 0.4) is 0 Å². The van der Waals surface area contributed by atoms with E-state index in [1.54, 1.807) is 24.3 Å². The second kappa shape index (κ2) is 15.9. The van der Waals surface area contributed by atoms with Crippen molar-refractivity contribution in [1.29, 1.82) is 5.41 Å². The number of amides is 3. The molecule has 2 atom stereocenters. The molecular weight excluding hydrogens is 594 g/mol. The van der Waals surface area contributed by atoms with Gasteiger partial charge in [0.25, 0.3) is 0 Å². The van der Waals surface area contributed by atoms with Crippen molar-refractivity contribution in [3.05, 3.63) is 95.1 Å². The van der Waals surface area contributed by atoms with E-state index in [4.69, 9.17) is 20.6 Å². The monoisotopic (exact) mass is 633 g/mol. The van der Waals surface area contributed by atoms with E-state index in [-0.39, 0.29) is 56.4 Å². The van der Waals surface area contributed by atoms with Crippen LogP contribution in [0.4, 0.5) is 0 Å². The fourth-order valence-electron chi connectivity index (χ4n) is 5.74. The Morgan fingerprint density at radius 2 is 1.42 bits per heavy atom. The molecule has 1 unspecified atom stereocenters. The van der Waals surface area contributed by atoms with Crippen molar-refractivity contribution in [3.63, 3.8) is 0 Å². The van der Waals surface area contributed by atoms with Gasteiger partial charge < -0.3 is 31.2 Å². The third-order valence-electron chi connectivity index (χ3n) is 8.25. The SMILES string of the molecule is Cl.N=C(N)c1ccc(CC(C(=O)NCc2ccccc2)C(=O)N[C@H](C(=O)NCc2ccc3c(c2)OCO3)C2CCCCC2)cc1. The molecule has 1 aliphatic carbocycles. The number of carbonyl (C=O) groups excluding carboxylic acids is 3. The number of nitrogens with two attached hydrogens (primary N) is 1. The van der Waals surface area contributed by atoms with Crippen LogP contribution in [0.15, 0.2) is 72.8 Å². The molecule has 5 rings (SSSR count). The van der Waals surface area contributed by atoms with Gasteiger partial charge in [-0.2, -0.15) is 0 Å². The molecule has 1 heterocycles. The predicted octanol–water partition coefficient (Wildman–Crippen LogP) is 3.98. The molecule has 10 nitrogen and oxygen atoms in total. The van der Waals surface area contributed by atoms with E-state index in [2.05, 4.69) is 16.0 Å². The van der Waals surface area contributed by atoms with Crippen molar-refractivity contribution in [2.45, 2.75) is 57.7 Å². The minimum Gasteiger partial charge on any atom is -0.454 e. The Kier molecular flexibility index (Phi) is 11.8. The second-order valence-electron chi connectivity index (χ2n) is 11.4. The molecule has 0 saturated heterocycles. The first-order valence-electron chi connectivity index (χ1n) is 15.1. The highest BCUT2D eigenvalue weighted by atomic mass is 35.5. The van der Waals surface area contributed by atoms with Crippen LogP contribution in [-0.4, -0.2) is 36.4 Å². The highest BCUT2D eigenvalue weighted by Gasteiger charge is 2.35. The number of nitrogen functional groups attached to an aromatic ring is 1. The molecule has 1 fully saturated rings. The molecule has 6 N–H and O–H groups in total. The molecule has 11 heteroatoms. The summed E-state index contributed by atoms with van der Waals surface area (Å²) in [6.07, 6.45) is 4.82. The Bertz CT molecular complexity index is 1480. The van der Waals surface area contributed by atoms with Gasteiger partial charge in [0.15, 0.2) is 11.5 Å². The summed E-state index contributed by atoms with van der Waals surface area (Å²) in [7, 11) is 0. The first kappa shape index (κ1) is 33.3. The summed E-state index contributed by atoms with van der Waals surface area (Å²) in [5.74, 6) is -1.08. The zero-order valence-electron chi connectivity index (χ0n) is 25.1. The lowest BCUT2D eigenvalue weighted by Crippen LogP contribution is -2.54. The Balaban J connectivity index is 0.00000461. The van der Waals surface area contributed by atoms with E-state index in [0.29, 0.717) is 17.1 Å². The molecule has 1 saturated carbocycles. The maximum absolute atomic E-state index is 13.9. The number of ether oxygens (including phenoxy) is 2. The van der Waals surface area contributed by atoms with Crippen LogP contribution in [0, 0.1) is 17.2 Å². The zero-order valence-corrected chi connectivity index (χ0v) is 25.9. The fraction of sp³-hybridized carbons (Fsp3) is 0.353. The number of rotatable bonds is 12. The van der Waals surface area contributed by atoms with E-state index in [9.17, 15) is 14.4 Å². The van der Waals surface area contributed by atoms with E-state index < -0.39 is 23.8 Å². The maximum Gasteiger partial charge on any atom is 0.243 e. The highest BCUT2D eigenvalue weighted by molar-refractivity contribution is 6.02. The normalized spacial score (nSPS) is 15.2.